The Kier molecular flexibility index (Phi) is 2.18. The zero-order chi connectivity index (χ0) is 9.10. The van der Waals surface area contributed by atoms with E-state index in [0.717, 1.165) is 10.7 Å². The van der Waals surface area contributed by atoms with Gasteiger partial charge in [0.15, 0.2) is 13.7 Å². The largest absolute Gasteiger partial charge is 0.313 e. The number of nitrogens with zero attached hydrogens (tertiary/aromatic N) is 4. The number of anilines is 2. The van der Waals surface area contributed by atoms with E-state index < -0.39 is 0 Å². The molecule has 7 heteroatoms. The Morgan fingerprint density at radius 1 is 1.31 bits per heavy atom. The van der Waals surface area contributed by atoms with Crippen LogP contribution in [0.2, 0.25) is 0 Å². The summed E-state index contributed by atoms with van der Waals surface area (Å²) in [6.45, 7) is 0. The summed E-state index contributed by atoms with van der Waals surface area (Å²) in [5.74, 6) is 0.683. The molecule has 13 heavy (non-hydrogen) atoms. The van der Waals surface area contributed by atoms with Crippen molar-refractivity contribution >= 4 is 35.7 Å². The van der Waals surface area contributed by atoms with Crippen molar-refractivity contribution in [3.63, 3.8) is 0 Å². The highest BCUT2D eigenvalue weighted by atomic mass is 32.1. The van der Waals surface area contributed by atoms with Gasteiger partial charge in [-0.05, 0) is 0 Å². The molecule has 0 radical (unpaired) electrons. The molecule has 0 bridgehead atoms. The van der Waals surface area contributed by atoms with E-state index in [1.807, 2.05) is 7.85 Å². The van der Waals surface area contributed by atoms with Crippen molar-refractivity contribution < 1.29 is 0 Å². The minimum Gasteiger partial charge on any atom is -0.313 e. The van der Waals surface area contributed by atoms with E-state index in [0.29, 0.717) is 5.82 Å². The Bertz CT molecular complexity index is 372. The van der Waals surface area contributed by atoms with Crippen LogP contribution in [0.4, 0.5) is 10.9 Å². The summed E-state index contributed by atoms with van der Waals surface area (Å²) >= 11 is 1.42. The smallest absolute Gasteiger partial charge is 0.211 e. The fraction of sp³-hybridized carbons (Fsp3) is 0. The lowest BCUT2D eigenvalue weighted by atomic mass is 10.1. The van der Waals surface area contributed by atoms with Gasteiger partial charge >= 0.3 is 0 Å². The van der Waals surface area contributed by atoms with Crippen molar-refractivity contribution in [2.75, 3.05) is 5.32 Å². The van der Waals surface area contributed by atoms with Crippen molar-refractivity contribution in [3.05, 3.63) is 17.9 Å². The first kappa shape index (κ1) is 8.12. The van der Waals surface area contributed by atoms with Crippen molar-refractivity contribution in [2.45, 2.75) is 0 Å². The third-order valence-electron chi connectivity index (χ3n) is 1.38. The average molecular weight is 191 g/mol. The van der Waals surface area contributed by atoms with Crippen molar-refractivity contribution in [3.8, 4) is 0 Å². The van der Waals surface area contributed by atoms with E-state index in [4.69, 9.17) is 0 Å². The molecule has 0 aromatic carbocycles. The molecule has 0 atom stereocenters. The minimum atomic E-state index is 0.683. The maximum Gasteiger partial charge on any atom is 0.211 e. The van der Waals surface area contributed by atoms with E-state index in [-0.39, 0.29) is 0 Å². The van der Waals surface area contributed by atoms with Gasteiger partial charge < -0.3 is 5.32 Å². The molecule has 0 saturated carbocycles. The zero-order valence-corrected chi connectivity index (χ0v) is 7.75. The number of nitrogens with one attached hydrogen (secondary N) is 1. The zero-order valence-electron chi connectivity index (χ0n) is 6.93. The van der Waals surface area contributed by atoms with Crippen LogP contribution in [-0.4, -0.2) is 28.0 Å². The number of hydrogen-bond donors (Lipinski definition) is 1. The van der Waals surface area contributed by atoms with E-state index in [9.17, 15) is 0 Å². The topological polar surface area (TPSA) is 63.6 Å². The van der Waals surface area contributed by atoms with Crippen LogP contribution in [0.25, 0.3) is 0 Å². The van der Waals surface area contributed by atoms with Gasteiger partial charge in [0.2, 0.25) is 5.13 Å². The summed E-state index contributed by atoms with van der Waals surface area (Å²) < 4.78 is 0. The van der Waals surface area contributed by atoms with E-state index in [1.165, 1.54) is 11.3 Å². The van der Waals surface area contributed by atoms with Gasteiger partial charge in [-0.1, -0.05) is 11.3 Å². The molecule has 2 aromatic heterocycles. The maximum atomic E-state index is 4.12. The number of hydrogen-bond acceptors (Lipinski definition) is 6. The second kappa shape index (κ2) is 3.48. The molecule has 0 saturated heterocycles. The quantitative estimate of drug-likeness (QED) is 0.637. The number of rotatable bonds is 2. The van der Waals surface area contributed by atoms with Gasteiger partial charge in [0.1, 0.15) is 5.51 Å². The summed E-state index contributed by atoms with van der Waals surface area (Å²) in [6.07, 6.45) is 3.36. The second-order valence-electron chi connectivity index (χ2n) is 2.41. The fourth-order valence-electron chi connectivity index (χ4n) is 0.794. The van der Waals surface area contributed by atoms with E-state index >= 15 is 0 Å². The van der Waals surface area contributed by atoms with Gasteiger partial charge in [-0.25, -0.2) is 4.98 Å². The fourth-order valence-corrected chi connectivity index (χ4v) is 1.25. The van der Waals surface area contributed by atoms with Crippen molar-refractivity contribution in [2.24, 2.45) is 0 Å². The van der Waals surface area contributed by atoms with Crippen LogP contribution in [0, 0.1) is 0 Å². The highest BCUT2D eigenvalue weighted by Gasteiger charge is 1.97. The molecule has 0 aliphatic heterocycles. The molecule has 2 heterocycles. The first-order valence-electron chi connectivity index (χ1n) is 3.66. The molecule has 0 aliphatic rings. The lowest BCUT2D eigenvalue weighted by Crippen LogP contribution is -2.09. The molecule has 64 valence electrons. The first-order chi connectivity index (χ1) is 6.34. The Labute approximate surface area is 79.7 Å². The molecule has 0 unspecified atom stereocenters. The summed E-state index contributed by atoms with van der Waals surface area (Å²) in [5, 5.41) is 11.2. The van der Waals surface area contributed by atoms with Gasteiger partial charge in [0, 0.05) is 11.8 Å². The Balaban J connectivity index is 2.15. The van der Waals surface area contributed by atoms with Crippen molar-refractivity contribution in [1.82, 2.24) is 20.2 Å². The lowest BCUT2D eigenvalue weighted by molar-refractivity contribution is 1.09. The van der Waals surface area contributed by atoms with E-state index in [1.54, 1.807) is 17.9 Å². The van der Waals surface area contributed by atoms with Crippen LogP contribution in [-0.2, 0) is 0 Å². The monoisotopic (exact) mass is 191 g/mol. The predicted molar refractivity (Wildman–Crippen MR) is 53.4 cm³/mol. The summed E-state index contributed by atoms with van der Waals surface area (Å²) in [6, 6.07) is 0. The predicted octanol–water partition coefficient (Wildman–Crippen LogP) is -0.670. The first-order valence-corrected chi connectivity index (χ1v) is 4.54. The summed E-state index contributed by atoms with van der Waals surface area (Å²) in [7, 11) is 1.89. The van der Waals surface area contributed by atoms with Crippen LogP contribution in [0.5, 0.6) is 0 Å². The van der Waals surface area contributed by atoms with Crippen LogP contribution in [0.3, 0.4) is 0 Å². The van der Waals surface area contributed by atoms with Gasteiger partial charge in [0.25, 0.3) is 0 Å². The maximum absolute atomic E-state index is 4.12. The second-order valence-corrected chi connectivity index (χ2v) is 3.25. The molecule has 2 rings (SSSR count). The molecule has 0 fully saturated rings. The Hall–Kier alpha value is -1.50. The highest BCUT2D eigenvalue weighted by Crippen LogP contribution is 2.13. The molecule has 5 nitrogen and oxygen atoms in total. The highest BCUT2D eigenvalue weighted by molar-refractivity contribution is 7.13. The van der Waals surface area contributed by atoms with Gasteiger partial charge in [-0.15, -0.1) is 10.2 Å². The van der Waals surface area contributed by atoms with Gasteiger partial charge in [0.05, 0.1) is 6.20 Å². The van der Waals surface area contributed by atoms with Gasteiger partial charge in [-0.2, -0.15) is 0 Å². The summed E-state index contributed by atoms with van der Waals surface area (Å²) in [5.41, 5.74) is 2.55. The van der Waals surface area contributed by atoms with E-state index in [2.05, 4.69) is 25.5 Å². The molecule has 1 N–H and O–H groups in total. The van der Waals surface area contributed by atoms with Crippen LogP contribution >= 0.6 is 11.3 Å². The average Bonchev–Trinajstić information content (AvgIpc) is 2.62. The third kappa shape index (κ3) is 2.00. The van der Waals surface area contributed by atoms with Crippen LogP contribution in [0.15, 0.2) is 17.9 Å². The van der Waals surface area contributed by atoms with Crippen molar-refractivity contribution in [1.29, 1.82) is 0 Å². The molecule has 0 aliphatic carbocycles. The van der Waals surface area contributed by atoms with Crippen LogP contribution < -0.4 is 10.9 Å². The normalized spacial score (nSPS) is 9.85. The molecular formula is C6H6BN5S. The molecule has 0 spiro atoms. The molecule has 0 amide bonds. The third-order valence-corrected chi connectivity index (χ3v) is 1.98. The Morgan fingerprint density at radius 3 is 2.85 bits per heavy atom. The molecular weight excluding hydrogens is 185 g/mol. The summed E-state index contributed by atoms with van der Waals surface area (Å²) in [4.78, 5) is 8.21. The number of aromatic nitrogens is 4. The SMILES string of the molecule is Bc1cnc(Nc2nncs2)cn1. The lowest BCUT2D eigenvalue weighted by Gasteiger charge is -1.99. The van der Waals surface area contributed by atoms with Gasteiger partial charge in [-0.3, -0.25) is 4.98 Å². The standard InChI is InChI=1S/C6H6BN5S/c7-4-1-9-5(2-8-4)11-6-12-10-3-13-6/h1-3H,7H2,(H,9,11,12). The van der Waals surface area contributed by atoms with Crippen LogP contribution in [0.1, 0.15) is 0 Å². The molecule has 2 aromatic rings. The Morgan fingerprint density at radius 2 is 2.23 bits per heavy atom. The minimum absolute atomic E-state index is 0.683.